The first kappa shape index (κ1) is 16.1. The summed E-state index contributed by atoms with van der Waals surface area (Å²) in [6, 6.07) is 31.8. The van der Waals surface area contributed by atoms with Crippen molar-refractivity contribution < 1.29 is 0 Å². The third-order valence-corrected chi connectivity index (χ3v) is 5.41. The maximum atomic E-state index is 2.70. The molecule has 3 aromatic rings. The summed E-state index contributed by atoms with van der Waals surface area (Å²) in [4.78, 5) is 2.70. The van der Waals surface area contributed by atoms with E-state index in [4.69, 9.17) is 0 Å². The lowest BCUT2D eigenvalue weighted by molar-refractivity contribution is 0.104. The zero-order valence-electron chi connectivity index (χ0n) is 14.8. The summed E-state index contributed by atoms with van der Waals surface area (Å²) >= 11 is 0. The average Bonchev–Trinajstić information content (AvgIpc) is 2.69. The molecule has 0 fully saturated rings. The molecule has 0 aromatic heterocycles. The van der Waals surface area contributed by atoms with Crippen molar-refractivity contribution in [2.24, 2.45) is 0 Å². The van der Waals surface area contributed by atoms with E-state index in [1.165, 1.54) is 22.3 Å². The molecule has 0 amide bonds. The first-order valence-electron chi connectivity index (χ1n) is 9.29. The molecule has 2 unspecified atom stereocenters. The molecule has 0 bridgehead atoms. The average molecular weight is 327 g/mol. The molecule has 126 valence electrons. The molecule has 0 saturated carbocycles. The van der Waals surface area contributed by atoms with Gasteiger partial charge in [-0.3, -0.25) is 4.90 Å². The largest absolute Gasteiger partial charge is 0.285 e. The van der Waals surface area contributed by atoms with Gasteiger partial charge in [0.25, 0.3) is 0 Å². The highest BCUT2D eigenvalue weighted by molar-refractivity contribution is 5.36. The van der Waals surface area contributed by atoms with Gasteiger partial charge < -0.3 is 0 Å². The molecule has 1 nitrogen and oxygen atoms in total. The van der Waals surface area contributed by atoms with Gasteiger partial charge in [-0.2, -0.15) is 0 Å². The molecule has 0 spiro atoms. The second kappa shape index (κ2) is 7.25. The fourth-order valence-corrected chi connectivity index (χ4v) is 4.22. The van der Waals surface area contributed by atoms with Crippen LogP contribution in [-0.4, -0.2) is 4.90 Å². The van der Waals surface area contributed by atoms with Crippen molar-refractivity contribution in [2.75, 3.05) is 0 Å². The molecule has 4 rings (SSSR count). The Hall–Kier alpha value is -2.38. The Balaban J connectivity index is 1.77. The van der Waals surface area contributed by atoms with Gasteiger partial charge in [-0.15, -0.1) is 0 Å². The van der Waals surface area contributed by atoms with Crippen molar-refractivity contribution in [3.05, 3.63) is 107 Å². The van der Waals surface area contributed by atoms with Crippen LogP contribution in [0, 0.1) is 0 Å². The van der Waals surface area contributed by atoms with Gasteiger partial charge in [0.05, 0.1) is 0 Å². The lowest BCUT2D eigenvalue weighted by Gasteiger charge is -2.43. The fraction of sp³-hybridized carbons (Fsp3) is 0.250. The third kappa shape index (κ3) is 3.25. The second-order valence-electron chi connectivity index (χ2n) is 6.91. The highest BCUT2D eigenvalue weighted by Gasteiger charge is 2.33. The zero-order chi connectivity index (χ0) is 17.1. The molecule has 0 radical (unpaired) electrons. The van der Waals surface area contributed by atoms with Crippen LogP contribution in [0.15, 0.2) is 84.9 Å². The van der Waals surface area contributed by atoms with Crippen LogP contribution in [0.3, 0.4) is 0 Å². The minimum atomic E-state index is 0.432. The normalized spacial score (nSPS) is 20.2. The summed E-state index contributed by atoms with van der Waals surface area (Å²) in [5.74, 6) is 0. The molecule has 25 heavy (non-hydrogen) atoms. The van der Waals surface area contributed by atoms with E-state index in [0.29, 0.717) is 12.1 Å². The standard InChI is InChI=1S/C24H25N/c1-2-23-22-16-10-9-15-21(22)17-24(20-13-7-4-8-14-20)25(23)18-19-11-5-3-6-12-19/h3-16,23-24H,2,17-18H2,1H3. The molecule has 1 aliphatic rings. The van der Waals surface area contributed by atoms with Crippen LogP contribution in [0.5, 0.6) is 0 Å². The number of rotatable bonds is 4. The number of benzene rings is 3. The quantitative estimate of drug-likeness (QED) is 0.573. The van der Waals surface area contributed by atoms with Crippen molar-refractivity contribution in [3.63, 3.8) is 0 Å². The van der Waals surface area contributed by atoms with E-state index in [0.717, 1.165) is 19.4 Å². The van der Waals surface area contributed by atoms with Crippen LogP contribution in [-0.2, 0) is 13.0 Å². The van der Waals surface area contributed by atoms with Crippen LogP contribution >= 0.6 is 0 Å². The number of nitrogens with zero attached hydrogens (tertiary/aromatic N) is 1. The van der Waals surface area contributed by atoms with Crippen LogP contribution in [0.1, 0.15) is 47.7 Å². The summed E-state index contributed by atoms with van der Waals surface area (Å²) < 4.78 is 0. The Morgan fingerprint density at radius 2 is 1.44 bits per heavy atom. The van der Waals surface area contributed by atoms with Gasteiger partial charge in [0.2, 0.25) is 0 Å². The molecule has 1 heteroatoms. The van der Waals surface area contributed by atoms with E-state index in [2.05, 4.69) is 96.8 Å². The second-order valence-corrected chi connectivity index (χ2v) is 6.91. The minimum absolute atomic E-state index is 0.432. The lowest BCUT2D eigenvalue weighted by Crippen LogP contribution is -2.37. The van der Waals surface area contributed by atoms with E-state index in [1.807, 2.05) is 0 Å². The molecule has 3 aromatic carbocycles. The summed E-state index contributed by atoms with van der Waals surface area (Å²) in [7, 11) is 0. The van der Waals surface area contributed by atoms with Crippen molar-refractivity contribution in [1.82, 2.24) is 4.90 Å². The third-order valence-electron chi connectivity index (χ3n) is 5.41. The molecule has 2 atom stereocenters. The molecule has 0 aliphatic carbocycles. The van der Waals surface area contributed by atoms with Crippen LogP contribution < -0.4 is 0 Å². The Morgan fingerprint density at radius 3 is 2.16 bits per heavy atom. The molecule has 1 heterocycles. The minimum Gasteiger partial charge on any atom is -0.285 e. The van der Waals surface area contributed by atoms with Gasteiger partial charge in [-0.1, -0.05) is 91.9 Å². The van der Waals surface area contributed by atoms with Crippen molar-refractivity contribution in [2.45, 2.75) is 38.4 Å². The van der Waals surface area contributed by atoms with Crippen LogP contribution in [0.2, 0.25) is 0 Å². The highest BCUT2D eigenvalue weighted by atomic mass is 15.2. The Labute approximate surface area is 150 Å². The summed E-state index contributed by atoms with van der Waals surface area (Å²) in [5.41, 5.74) is 5.83. The van der Waals surface area contributed by atoms with Gasteiger partial charge in [-0.25, -0.2) is 0 Å². The SMILES string of the molecule is CCC1c2ccccc2CC(c2ccccc2)N1Cc1ccccc1. The Morgan fingerprint density at radius 1 is 0.800 bits per heavy atom. The van der Waals surface area contributed by atoms with E-state index < -0.39 is 0 Å². The molecule has 0 N–H and O–H groups in total. The van der Waals surface area contributed by atoms with Crippen LogP contribution in [0.4, 0.5) is 0 Å². The summed E-state index contributed by atoms with van der Waals surface area (Å²) in [6.07, 6.45) is 2.22. The van der Waals surface area contributed by atoms with Crippen molar-refractivity contribution >= 4 is 0 Å². The van der Waals surface area contributed by atoms with Gasteiger partial charge in [0, 0.05) is 18.6 Å². The zero-order valence-corrected chi connectivity index (χ0v) is 14.8. The lowest BCUT2D eigenvalue weighted by atomic mass is 9.84. The van der Waals surface area contributed by atoms with E-state index in [1.54, 1.807) is 0 Å². The highest BCUT2D eigenvalue weighted by Crippen LogP contribution is 2.42. The smallest absolute Gasteiger partial charge is 0.0398 e. The van der Waals surface area contributed by atoms with E-state index >= 15 is 0 Å². The molecule has 1 aliphatic heterocycles. The van der Waals surface area contributed by atoms with E-state index in [-0.39, 0.29) is 0 Å². The summed E-state index contributed by atoms with van der Waals surface area (Å²) in [6.45, 7) is 3.31. The maximum absolute atomic E-state index is 2.70. The Bertz CT molecular complexity index is 810. The monoisotopic (exact) mass is 327 g/mol. The topological polar surface area (TPSA) is 3.24 Å². The Kier molecular flexibility index (Phi) is 4.67. The first-order chi connectivity index (χ1) is 12.4. The van der Waals surface area contributed by atoms with Gasteiger partial charge in [0.1, 0.15) is 0 Å². The molecule has 0 saturated heterocycles. The fourth-order valence-electron chi connectivity index (χ4n) is 4.22. The van der Waals surface area contributed by atoms with Gasteiger partial charge in [0.15, 0.2) is 0 Å². The predicted molar refractivity (Wildman–Crippen MR) is 104 cm³/mol. The van der Waals surface area contributed by atoms with Crippen molar-refractivity contribution in [1.29, 1.82) is 0 Å². The molecular weight excluding hydrogens is 302 g/mol. The number of fused-ring (bicyclic) bond motifs is 1. The maximum Gasteiger partial charge on any atom is 0.0398 e. The number of hydrogen-bond acceptors (Lipinski definition) is 1. The van der Waals surface area contributed by atoms with Gasteiger partial charge in [-0.05, 0) is 35.1 Å². The molecular formula is C24H25N. The van der Waals surface area contributed by atoms with Crippen LogP contribution in [0.25, 0.3) is 0 Å². The van der Waals surface area contributed by atoms with Crippen molar-refractivity contribution in [3.8, 4) is 0 Å². The summed E-state index contributed by atoms with van der Waals surface area (Å²) in [5, 5.41) is 0. The number of hydrogen-bond donors (Lipinski definition) is 0. The first-order valence-corrected chi connectivity index (χ1v) is 9.29. The van der Waals surface area contributed by atoms with E-state index in [9.17, 15) is 0 Å². The predicted octanol–water partition coefficient (Wildman–Crippen LogP) is 5.94. The van der Waals surface area contributed by atoms with Gasteiger partial charge >= 0.3 is 0 Å².